The van der Waals surface area contributed by atoms with Crippen LogP contribution < -0.4 is 4.74 Å². The summed E-state index contributed by atoms with van der Waals surface area (Å²) in [6, 6.07) is 20.9. The highest BCUT2D eigenvalue weighted by atomic mass is 35.5. The number of benzene rings is 3. The first kappa shape index (κ1) is 21.4. The number of hydrogen-bond donors (Lipinski definition) is 1. The van der Waals surface area contributed by atoms with Crippen LogP contribution in [-0.2, 0) is 6.42 Å². The molecule has 0 atom stereocenters. The van der Waals surface area contributed by atoms with Crippen LogP contribution in [0.25, 0.3) is 22.2 Å². The summed E-state index contributed by atoms with van der Waals surface area (Å²) in [4.78, 5) is 9.65. The Hall–Kier alpha value is -2.43. The lowest BCUT2D eigenvalue weighted by Gasteiger charge is -2.15. The molecule has 5 rings (SSSR count). The average Bonchev–Trinajstić information content (AvgIpc) is 3.52. The molecule has 0 saturated heterocycles. The maximum Gasteiger partial charge on any atom is 0.127 e. The number of aromatic nitrogens is 2. The number of rotatable bonds is 8. The third-order valence-corrected chi connectivity index (χ3v) is 7.19. The summed E-state index contributed by atoms with van der Waals surface area (Å²) in [6.07, 6.45) is 3.66. The molecular formula is C27H27ClN2OS. The van der Waals surface area contributed by atoms with E-state index in [2.05, 4.69) is 35.3 Å². The number of fused-ring (bicyclic) bond motifs is 1. The number of imidazole rings is 1. The lowest BCUT2D eigenvalue weighted by Crippen LogP contribution is -2.06. The molecule has 1 aliphatic rings. The number of ether oxygens (including phenoxy) is 1. The van der Waals surface area contributed by atoms with E-state index >= 15 is 0 Å². The highest BCUT2D eigenvalue weighted by molar-refractivity contribution is 7.99. The van der Waals surface area contributed by atoms with Gasteiger partial charge in [0.1, 0.15) is 11.6 Å². The van der Waals surface area contributed by atoms with Crippen LogP contribution in [0.4, 0.5) is 0 Å². The van der Waals surface area contributed by atoms with Gasteiger partial charge in [-0.3, -0.25) is 0 Å². The lowest BCUT2D eigenvalue weighted by atomic mass is 10.0. The third-order valence-electron chi connectivity index (χ3n) is 5.64. The molecule has 0 amide bonds. The molecule has 32 heavy (non-hydrogen) atoms. The Labute approximate surface area is 198 Å². The van der Waals surface area contributed by atoms with E-state index < -0.39 is 0 Å². The lowest BCUT2D eigenvalue weighted by molar-refractivity contribution is 0.243. The summed E-state index contributed by atoms with van der Waals surface area (Å²) >= 11 is 8.65. The molecular weight excluding hydrogens is 436 g/mol. The quantitative estimate of drug-likeness (QED) is 0.272. The normalized spacial score (nSPS) is 13.8. The van der Waals surface area contributed by atoms with Crippen molar-refractivity contribution >= 4 is 34.4 Å². The molecule has 1 aromatic heterocycles. The molecule has 1 fully saturated rings. The summed E-state index contributed by atoms with van der Waals surface area (Å²) in [5.41, 5.74) is 5.03. The van der Waals surface area contributed by atoms with E-state index in [0.29, 0.717) is 5.02 Å². The highest BCUT2D eigenvalue weighted by Crippen LogP contribution is 2.38. The second-order valence-electron chi connectivity index (χ2n) is 8.77. The Balaban J connectivity index is 1.38. The standard InChI is InChI=1S/C27H27ClN2OS/c1-17(2)31-26-6-4-3-5-21(26)22-14-24-25(15-23(22)28)30-27(29-24)13-18-9-11-20(12-10-18)32-16-19-7-8-19/h3-6,9-12,14-15,17,19H,7-8,13,16H2,1-2H3,(H,29,30). The minimum atomic E-state index is 0.0918. The van der Waals surface area contributed by atoms with Gasteiger partial charge in [0, 0.05) is 28.2 Å². The van der Waals surface area contributed by atoms with Crippen molar-refractivity contribution in [2.45, 2.75) is 44.1 Å². The number of para-hydroxylation sites is 1. The van der Waals surface area contributed by atoms with E-state index in [1.54, 1.807) is 0 Å². The largest absolute Gasteiger partial charge is 0.490 e. The second-order valence-corrected chi connectivity index (χ2v) is 10.3. The van der Waals surface area contributed by atoms with E-state index in [9.17, 15) is 0 Å². The molecule has 1 heterocycles. The number of H-pyrrole nitrogens is 1. The Morgan fingerprint density at radius 1 is 1.06 bits per heavy atom. The number of hydrogen-bond acceptors (Lipinski definition) is 3. The van der Waals surface area contributed by atoms with Gasteiger partial charge in [0.15, 0.2) is 0 Å². The molecule has 0 aliphatic heterocycles. The number of thioether (sulfide) groups is 1. The van der Waals surface area contributed by atoms with E-state index in [0.717, 1.165) is 46.1 Å². The van der Waals surface area contributed by atoms with E-state index in [1.165, 1.54) is 29.1 Å². The van der Waals surface area contributed by atoms with Gasteiger partial charge in [-0.15, -0.1) is 11.8 Å². The van der Waals surface area contributed by atoms with E-state index in [1.807, 2.05) is 55.9 Å². The predicted octanol–water partition coefficient (Wildman–Crippen LogP) is 7.76. The first-order valence-electron chi connectivity index (χ1n) is 11.2. The van der Waals surface area contributed by atoms with Gasteiger partial charge in [0.25, 0.3) is 0 Å². The number of aromatic amines is 1. The zero-order valence-corrected chi connectivity index (χ0v) is 20.0. The van der Waals surface area contributed by atoms with Gasteiger partial charge in [-0.1, -0.05) is 41.9 Å². The van der Waals surface area contributed by atoms with Crippen molar-refractivity contribution in [3.8, 4) is 16.9 Å². The molecule has 1 N–H and O–H groups in total. The van der Waals surface area contributed by atoms with E-state index in [-0.39, 0.29) is 6.10 Å². The molecule has 1 aliphatic carbocycles. The monoisotopic (exact) mass is 462 g/mol. The molecule has 0 spiro atoms. The van der Waals surface area contributed by atoms with Crippen molar-refractivity contribution in [2.75, 3.05) is 5.75 Å². The Bertz CT molecular complexity index is 1230. The van der Waals surface area contributed by atoms with Crippen LogP contribution >= 0.6 is 23.4 Å². The molecule has 3 nitrogen and oxygen atoms in total. The topological polar surface area (TPSA) is 37.9 Å². The summed E-state index contributed by atoms with van der Waals surface area (Å²) in [7, 11) is 0. The first-order chi connectivity index (χ1) is 15.5. The van der Waals surface area contributed by atoms with Crippen LogP contribution in [0.15, 0.2) is 65.6 Å². The Morgan fingerprint density at radius 2 is 1.84 bits per heavy atom. The van der Waals surface area contributed by atoms with Gasteiger partial charge in [-0.05, 0) is 68.5 Å². The highest BCUT2D eigenvalue weighted by Gasteiger charge is 2.21. The van der Waals surface area contributed by atoms with Gasteiger partial charge < -0.3 is 9.72 Å². The zero-order valence-electron chi connectivity index (χ0n) is 18.4. The van der Waals surface area contributed by atoms with Crippen molar-refractivity contribution in [2.24, 2.45) is 5.92 Å². The van der Waals surface area contributed by atoms with Gasteiger partial charge in [0.2, 0.25) is 0 Å². The SMILES string of the molecule is CC(C)Oc1ccccc1-c1cc2nc(Cc3ccc(SCC4CC4)cc3)[nH]c2cc1Cl. The molecule has 3 aromatic carbocycles. The van der Waals surface area contributed by atoms with Crippen molar-refractivity contribution in [3.63, 3.8) is 0 Å². The first-order valence-corrected chi connectivity index (χ1v) is 12.6. The third kappa shape index (κ3) is 4.97. The fourth-order valence-corrected chi connectivity index (χ4v) is 5.17. The molecule has 164 valence electrons. The van der Waals surface area contributed by atoms with Crippen LogP contribution in [0.2, 0.25) is 5.02 Å². The summed E-state index contributed by atoms with van der Waals surface area (Å²) in [5.74, 6) is 3.96. The maximum atomic E-state index is 6.68. The van der Waals surface area contributed by atoms with Crippen molar-refractivity contribution in [1.82, 2.24) is 9.97 Å². The minimum Gasteiger partial charge on any atom is -0.490 e. The Morgan fingerprint density at radius 3 is 2.59 bits per heavy atom. The zero-order chi connectivity index (χ0) is 22.1. The van der Waals surface area contributed by atoms with Crippen molar-refractivity contribution in [1.29, 1.82) is 0 Å². The average molecular weight is 463 g/mol. The van der Waals surface area contributed by atoms with Crippen LogP contribution in [0.5, 0.6) is 5.75 Å². The van der Waals surface area contributed by atoms with Crippen LogP contribution in [0, 0.1) is 5.92 Å². The number of halogens is 1. The molecule has 1 saturated carbocycles. The van der Waals surface area contributed by atoms with E-state index in [4.69, 9.17) is 21.3 Å². The van der Waals surface area contributed by atoms with Crippen LogP contribution in [-0.4, -0.2) is 21.8 Å². The summed E-state index contributed by atoms with van der Waals surface area (Å²) < 4.78 is 6.01. The number of nitrogens with zero attached hydrogens (tertiary/aromatic N) is 1. The second kappa shape index (κ2) is 9.21. The molecule has 0 radical (unpaired) electrons. The predicted molar refractivity (Wildman–Crippen MR) is 135 cm³/mol. The molecule has 0 bridgehead atoms. The van der Waals surface area contributed by atoms with Gasteiger partial charge >= 0.3 is 0 Å². The fourth-order valence-electron chi connectivity index (χ4n) is 3.81. The van der Waals surface area contributed by atoms with Crippen molar-refractivity contribution in [3.05, 3.63) is 77.1 Å². The smallest absolute Gasteiger partial charge is 0.127 e. The van der Waals surface area contributed by atoms with Gasteiger partial charge in [0.05, 0.1) is 22.2 Å². The fraction of sp³-hybridized carbons (Fsp3) is 0.296. The van der Waals surface area contributed by atoms with Crippen LogP contribution in [0.3, 0.4) is 0 Å². The maximum absolute atomic E-state index is 6.68. The summed E-state index contributed by atoms with van der Waals surface area (Å²) in [5, 5.41) is 0.685. The number of nitrogens with one attached hydrogen (secondary N) is 1. The van der Waals surface area contributed by atoms with Crippen molar-refractivity contribution < 1.29 is 4.74 Å². The van der Waals surface area contributed by atoms with Crippen LogP contribution in [0.1, 0.15) is 38.1 Å². The van der Waals surface area contributed by atoms with Gasteiger partial charge in [-0.25, -0.2) is 4.98 Å². The Kier molecular flexibility index (Phi) is 6.16. The molecule has 4 aromatic rings. The summed E-state index contributed by atoms with van der Waals surface area (Å²) in [6.45, 7) is 4.06. The minimum absolute atomic E-state index is 0.0918. The van der Waals surface area contributed by atoms with Gasteiger partial charge in [-0.2, -0.15) is 0 Å². The molecule has 5 heteroatoms. The molecule has 0 unspecified atom stereocenters.